The highest BCUT2D eigenvalue weighted by atomic mass is 16.3. The van der Waals surface area contributed by atoms with Crippen LogP contribution in [0.4, 0.5) is 0 Å². The molecule has 2 unspecified atom stereocenters. The van der Waals surface area contributed by atoms with Gasteiger partial charge in [0.1, 0.15) is 11.5 Å². The Bertz CT molecular complexity index is 607. The van der Waals surface area contributed by atoms with Crippen LogP contribution in [0.2, 0.25) is 0 Å². The number of amides is 1. The van der Waals surface area contributed by atoms with Gasteiger partial charge >= 0.3 is 0 Å². The lowest BCUT2D eigenvalue weighted by Crippen LogP contribution is -2.43. The second-order valence-corrected chi connectivity index (χ2v) is 5.74. The van der Waals surface area contributed by atoms with Gasteiger partial charge in [-0.25, -0.2) is 0 Å². The molecule has 4 heteroatoms. The largest absolute Gasteiger partial charge is 0.465 e. The second-order valence-electron chi connectivity index (χ2n) is 5.74. The molecule has 2 rings (SSSR count). The Kier molecular flexibility index (Phi) is 5.39. The molecule has 1 heterocycles. The number of likely N-dealkylation sites (N-methyl/N-ethyl adjacent to an activating group) is 1. The Labute approximate surface area is 132 Å². The molecule has 4 nitrogen and oxygen atoms in total. The monoisotopic (exact) mass is 300 g/mol. The lowest BCUT2D eigenvalue weighted by atomic mass is 10.1. The van der Waals surface area contributed by atoms with E-state index in [1.165, 1.54) is 0 Å². The van der Waals surface area contributed by atoms with Gasteiger partial charge in [0.2, 0.25) is 5.91 Å². The fourth-order valence-corrected chi connectivity index (χ4v) is 2.31. The van der Waals surface area contributed by atoms with Crippen LogP contribution >= 0.6 is 0 Å². The van der Waals surface area contributed by atoms with Gasteiger partial charge in [-0.3, -0.25) is 9.69 Å². The molecule has 0 radical (unpaired) electrons. The van der Waals surface area contributed by atoms with Crippen LogP contribution in [0.3, 0.4) is 0 Å². The number of carbonyl (C=O) groups is 1. The fraction of sp³-hybridized carbons (Fsp3) is 0.389. The Balaban J connectivity index is 1.91. The Morgan fingerprint density at radius 1 is 1.18 bits per heavy atom. The zero-order chi connectivity index (χ0) is 16.1. The Morgan fingerprint density at radius 2 is 1.86 bits per heavy atom. The van der Waals surface area contributed by atoms with E-state index in [0.29, 0.717) is 6.54 Å². The molecule has 1 aromatic carbocycles. The lowest BCUT2D eigenvalue weighted by Gasteiger charge is -2.25. The maximum atomic E-state index is 12.4. The van der Waals surface area contributed by atoms with Crippen LogP contribution in [-0.2, 0) is 11.3 Å². The third-order valence-corrected chi connectivity index (χ3v) is 3.90. The van der Waals surface area contributed by atoms with Gasteiger partial charge in [-0.15, -0.1) is 0 Å². The van der Waals surface area contributed by atoms with Gasteiger partial charge in [0.25, 0.3) is 0 Å². The number of nitrogens with one attached hydrogen (secondary N) is 1. The lowest BCUT2D eigenvalue weighted by molar-refractivity contribution is -0.126. The highest BCUT2D eigenvalue weighted by Gasteiger charge is 2.20. The standard InChI is InChI=1S/C18H24N2O2/c1-13-10-11-17(22-13)12-20(4)15(3)18(21)19-14(2)16-8-6-5-7-9-16/h5-11,14-15H,12H2,1-4H3,(H,19,21). The topological polar surface area (TPSA) is 45.5 Å². The minimum absolute atomic E-state index is 0.00425. The maximum Gasteiger partial charge on any atom is 0.237 e. The first-order valence-electron chi connectivity index (χ1n) is 7.58. The molecule has 1 N–H and O–H groups in total. The summed E-state index contributed by atoms with van der Waals surface area (Å²) in [4.78, 5) is 14.4. The number of hydrogen-bond donors (Lipinski definition) is 1. The zero-order valence-electron chi connectivity index (χ0n) is 13.7. The fourth-order valence-electron chi connectivity index (χ4n) is 2.31. The maximum absolute atomic E-state index is 12.4. The second kappa shape index (κ2) is 7.27. The zero-order valence-corrected chi connectivity index (χ0v) is 13.7. The molecule has 0 aliphatic carbocycles. The number of carbonyl (C=O) groups excluding carboxylic acids is 1. The molecule has 0 saturated heterocycles. The third-order valence-electron chi connectivity index (χ3n) is 3.90. The van der Waals surface area contributed by atoms with E-state index in [1.54, 1.807) is 0 Å². The molecule has 0 saturated carbocycles. The number of hydrogen-bond acceptors (Lipinski definition) is 3. The van der Waals surface area contributed by atoms with Crippen LogP contribution in [-0.4, -0.2) is 23.9 Å². The van der Waals surface area contributed by atoms with Crippen molar-refractivity contribution in [3.05, 3.63) is 59.5 Å². The van der Waals surface area contributed by atoms with Crippen LogP contribution in [0.15, 0.2) is 46.9 Å². The van der Waals surface area contributed by atoms with E-state index < -0.39 is 0 Å². The summed E-state index contributed by atoms with van der Waals surface area (Å²) < 4.78 is 5.56. The summed E-state index contributed by atoms with van der Waals surface area (Å²) in [7, 11) is 1.93. The van der Waals surface area contributed by atoms with Crippen molar-refractivity contribution in [1.29, 1.82) is 0 Å². The first-order chi connectivity index (χ1) is 10.5. The summed E-state index contributed by atoms with van der Waals surface area (Å²) in [6.45, 7) is 6.43. The normalized spacial score (nSPS) is 13.9. The van der Waals surface area contributed by atoms with Gasteiger partial charge in [0, 0.05) is 0 Å². The molecule has 0 aliphatic rings. The van der Waals surface area contributed by atoms with E-state index in [-0.39, 0.29) is 18.0 Å². The summed E-state index contributed by atoms with van der Waals surface area (Å²) in [5.74, 6) is 1.77. The third kappa shape index (κ3) is 4.21. The van der Waals surface area contributed by atoms with Gasteiger partial charge in [-0.2, -0.15) is 0 Å². The van der Waals surface area contributed by atoms with Crippen molar-refractivity contribution in [1.82, 2.24) is 10.2 Å². The van der Waals surface area contributed by atoms with Crippen LogP contribution in [0.25, 0.3) is 0 Å². The number of rotatable bonds is 6. The summed E-state index contributed by atoms with van der Waals surface area (Å²) in [6, 6.07) is 13.6. The summed E-state index contributed by atoms with van der Waals surface area (Å²) in [6.07, 6.45) is 0. The number of aryl methyl sites for hydroxylation is 1. The van der Waals surface area contributed by atoms with E-state index in [9.17, 15) is 4.79 Å². The predicted octanol–water partition coefficient (Wildman–Crippen LogP) is 3.29. The molecule has 2 atom stereocenters. The molecule has 0 bridgehead atoms. The summed E-state index contributed by atoms with van der Waals surface area (Å²) >= 11 is 0. The van der Waals surface area contributed by atoms with Crippen molar-refractivity contribution < 1.29 is 9.21 Å². The van der Waals surface area contributed by atoms with Gasteiger partial charge in [-0.1, -0.05) is 30.3 Å². The quantitative estimate of drug-likeness (QED) is 0.890. The van der Waals surface area contributed by atoms with Crippen LogP contribution in [0.1, 0.15) is 37.0 Å². The van der Waals surface area contributed by atoms with Crippen LogP contribution < -0.4 is 5.32 Å². The van der Waals surface area contributed by atoms with Gasteiger partial charge < -0.3 is 9.73 Å². The van der Waals surface area contributed by atoms with E-state index in [4.69, 9.17) is 4.42 Å². The van der Waals surface area contributed by atoms with Gasteiger partial charge in [0.05, 0.1) is 18.6 Å². The highest BCUT2D eigenvalue weighted by Crippen LogP contribution is 2.13. The smallest absolute Gasteiger partial charge is 0.237 e. The molecule has 2 aromatic rings. The molecule has 22 heavy (non-hydrogen) atoms. The minimum Gasteiger partial charge on any atom is -0.465 e. The van der Waals surface area contributed by atoms with E-state index in [1.807, 2.05) is 75.2 Å². The molecule has 0 aliphatic heterocycles. The molecular weight excluding hydrogens is 276 g/mol. The van der Waals surface area contributed by atoms with Crippen molar-refractivity contribution in [3.63, 3.8) is 0 Å². The average Bonchev–Trinajstić information content (AvgIpc) is 2.92. The molecule has 0 fully saturated rings. The minimum atomic E-state index is -0.225. The first-order valence-corrected chi connectivity index (χ1v) is 7.58. The molecular formula is C18H24N2O2. The first kappa shape index (κ1) is 16.3. The van der Waals surface area contributed by atoms with Gasteiger partial charge in [0.15, 0.2) is 0 Å². The van der Waals surface area contributed by atoms with Gasteiger partial charge in [-0.05, 0) is 45.5 Å². The Hall–Kier alpha value is -2.07. The molecule has 118 valence electrons. The molecule has 1 amide bonds. The van der Waals surface area contributed by atoms with E-state index in [2.05, 4.69) is 5.32 Å². The van der Waals surface area contributed by atoms with Crippen molar-refractivity contribution in [2.75, 3.05) is 7.05 Å². The summed E-state index contributed by atoms with van der Waals surface area (Å²) in [5, 5.41) is 3.06. The van der Waals surface area contributed by atoms with Crippen molar-refractivity contribution in [2.45, 2.75) is 39.4 Å². The van der Waals surface area contributed by atoms with Crippen molar-refractivity contribution in [3.8, 4) is 0 Å². The summed E-state index contributed by atoms with van der Waals surface area (Å²) in [5.41, 5.74) is 1.10. The Morgan fingerprint density at radius 3 is 2.45 bits per heavy atom. The number of furan rings is 1. The van der Waals surface area contributed by atoms with Crippen molar-refractivity contribution >= 4 is 5.91 Å². The number of nitrogens with zero attached hydrogens (tertiary/aromatic N) is 1. The van der Waals surface area contributed by atoms with E-state index >= 15 is 0 Å². The van der Waals surface area contributed by atoms with Crippen molar-refractivity contribution in [2.24, 2.45) is 0 Å². The highest BCUT2D eigenvalue weighted by molar-refractivity contribution is 5.81. The SMILES string of the molecule is Cc1ccc(CN(C)C(C)C(=O)NC(C)c2ccccc2)o1. The predicted molar refractivity (Wildman–Crippen MR) is 87.4 cm³/mol. The van der Waals surface area contributed by atoms with Crippen LogP contribution in [0.5, 0.6) is 0 Å². The average molecular weight is 300 g/mol. The van der Waals surface area contributed by atoms with E-state index in [0.717, 1.165) is 17.1 Å². The van der Waals surface area contributed by atoms with Crippen LogP contribution in [0, 0.1) is 6.92 Å². The molecule has 1 aromatic heterocycles. The molecule has 0 spiro atoms. The number of benzene rings is 1.